The zero-order valence-electron chi connectivity index (χ0n) is 19.7. The van der Waals surface area contributed by atoms with E-state index in [1.54, 1.807) is 7.11 Å². The molecule has 0 radical (unpaired) electrons. The van der Waals surface area contributed by atoms with E-state index in [9.17, 15) is 4.79 Å². The minimum Gasteiger partial charge on any atom is -0.382 e. The van der Waals surface area contributed by atoms with Crippen molar-refractivity contribution < 1.29 is 9.53 Å². The average molecular weight is 403 g/mol. The van der Waals surface area contributed by atoms with Crippen LogP contribution in [-0.4, -0.2) is 19.0 Å². The van der Waals surface area contributed by atoms with Crippen LogP contribution in [-0.2, 0) is 11.2 Å². The third-order valence-electron chi connectivity index (χ3n) is 6.17. The highest BCUT2D eigenvalue weighted by Gasteiger charge is 2.16. The van der Waals surface area contributed by atoms with Crippen molar-refractivity contribution in [3.63, 3.8) is 0 Å². The first-order valence-corrected chi connectivity index (χ1v) is 12.3. The molecule has 0 bridgehead atoms. The third-order valence-corrected chi connectivity index (χ3v) is 6.17. The van der Waals surface area contributed by atoms with E-state index in [1.807, 2.05) is 12.1 Å². The molecular weight excluding hydrogens is 356 g/mol. The molecule has 166 valence electrons. The average Bonchev–Trinajstić information content (AvgIpc) is 2.75. The molecule has 0 aromatic heterocycles. The van der Waals surface area contributed by atoms with Gasteiger partial charge in [0, 0.05) is 19.1 Å². The number of ketones is 1. The van der Waals surface area contributed by atoms with Crippen LogP contribution in [0.4, 0.5) is 0 Å². The third kappa shape index (κ3) is 12.2. The lowest BCUT2D eigenvalue weighted by molar-refractivity contribution is 0.0909. The highest BCUT2D eigenvalue weighted by atomic mass is 16.5. The Balaban J connectivity index is 2.41. The zero-order valence-corrected chi connectivity index (χ0v) is 19.7. The van der Waals surface area contributed by atoms with Gasteiger partial charge < -0.3 is 4.74 Å². The minimum absolute atomic E-state index is 0.278. The lowest BCUT2D eigenvalue weighted by atomic mass is 9.89. The van der Waals surface area contributed by atoms with Gasteiger partial charge in [-0.15, -0.1) is 0 Å². The largest absolute Gasteiger partial charge is 0.382 e. The maximum atomic E-state index is 12.8. The van der Waals surface area contributed by atoms with Crippen molar-refractivity contribution in [3.05, 3.63) is 35.4 Å². The second-order valence-corrected chi connectivity index (χ2v) is 8.83. The number of Topliss-reactive ketones (excluding diaryl/α,β-unsaturated/α-hetero) is 1. The van der Waals surface area contributed by atoms with Crippen LogP contribution in [0.25, 0.3) is 0 Å². The first-order chi connectivity index (χ1) is 14.1. The van der Waals surface area contributed by atoms with Crippen LogP contribution in [0.1, 0.15) is 120 Å². The fourth-order valence-corrected chi connectivity index (χ4v) is 3.95. The standard InChI is InChI=1S/C27H46O2/c1-5-7-9-10-11-12-13-15-24-18-20-26(21-19-24)27(28)22-25(14-8-6-2)17-16-23(3)29-4/h18-21,23,25H,5-17,22H2,1-4H3. The van der Waals surface area contributed by atoms with Gasteiger partial charge in [0.25, 0.3) is 0 Å². The van der Waals surface area contributed by atoms with Gasteiger partial charge in [0.2, 0.25) is 0 Å². The number of benzene rings is 1. The molecule has 2 nitrogen and oxygen atoms in total. The van der Waals surface area contributed by atoms with Crippen LogP contribution in [0, 0.1) is 5.92 Å². The lowest BCUT2D eigenvalue weighted by Gasteiger charge is -2.18. The molecule has 1 aromatic rings. The van der Waals surface area contributed by atoms with Gasteiger partial charge in [-0.05, 0) is 44.1 Å². The molecule has 0 saturated heterocycles. The van der Waals surface area contributed by atoms with E-state index in [4.69, 9.17) is 4.74 Å². The smallest absolute Gasteiger partial charge is 0.163 e. The summed E-state index contributed by atoms with van der Waals surface area (Å²) in [5.41, 5.74) is 2.25. The van der Waals surface area contributed by atoms with Crippen molar-refractivity contribution in [2.75, 3.05) is 7.11 Å². The summed E-state index contributed by atoms with van der Waals surface area (Å²) >= 11 is 0. The van der Waals surface area contributed by atoms with Gasteiger partial charge in [0.05, 0.1) is 6.10 Å². The van der Waals surface area contributed by atoms with Crippen molar-refractivity contribution in [3.8, 4) is 0 Å². The van der Waals surface area contributed by atoms with Crippen molar-refractivity contribution >= 4 is 5.78 Å². The Morgan fingerprint density at radius 3 is 2.07 bits per heavy atom. The van der Waals surface area contributed by atoms with Gasteiger partial charge in [-0.2, -0.15) is 0 Å². The van der Waals surface area contributed by atoms with Crippen molar-refractivity contribution in [1.82, 2.24) is 0 Å². The van der Waals surface area contributed by atoms with Crippen LogP contribution in [0.5, 0.6) is 0 Å². The van der Waals surface area contributed by atoms with Gasteiger partial charge in [0.1, 0.15) is 0 Å². The summed E-state index contributed by atoms with van der Waals surface area (Å²) in [5.74, 6) is 0.783. The summed E-state index contributed by atoms with van der Waals surface area (Å²) in [6, 6.07) is 8.43. The Labute approximate surface area is 180 Å². The van der Waals surface area contributed by atoms with E-state index in [1.165, 1.54) is 63.4 Å². The van der Waals surface area contributed by atoms with E-state index in [2.05, 4.69) is 32.9 Å². The second-order valence-electron chi connectivity index (χ2n) is 8.83. The molecule has 2 atom stereocenters. The quantitative estimate of drug-likeness (QED) is 0.183. The number of rotatable bonds is 18. The predicted molar refractivity (Wildman–Crippen MR) is 126 cm³/mol. The van der Waals surface area contributed by atoms with Gasteiger partial charge in [-0.3, -0.25) is 4.79 Å². The maximum Gasteiger partial charge on any atom is 0.163 e. The van der Waals surface area contributed by atoms with Crippen molar-refractivity contribution in [1.29, 1.82) is 0 Å². The van der Waals surface area contributed by atoms with Gasteiger partial charge >= 0.3 is 0 Å². The van der Waals surface area contributed by atoms with Gasteiger partial charge in [0.15, 0.2) is 5.78 Å². The molecule has 0 aliphatic heterocycles. The number of unbranched alkanes of at least 4 members (excludes halogenated alkanes) is 7. The number of methoxy groups -OCH3 is 1. The van der Waals surface area contributed by atoms with Crippen LogP contribution in [0.15, 0.2) is 24.3 Å². The number of hydrogen-bond acceptors (Lipinski definition) is 2. The highest BCUT2D eigenvalue weighted by molar-refractivity contribution is 5.96. The molecule has 0 N–H and O–H groups in total. The van der Waals surface area contributed by atoms with Crippen LogP contribution >= 0.6 is 0 Å². The molecule has 0 heterocycles. The van der Waals surface area contributed by atoms with Crippen molar-refractivity contribution in [2.24, 2.45) is 5.92 Å². The lowest BCUT2D eigenvalue weighted by Crippen LogP contribution is -2.13. The van der Waals surface area contributed by atoms with Gasteiger partial charge in [-0.25, -0.2) is 0 Å². The molecular formula is C27H46O2. The van der Waals surface area contributed by atoms with Crippen LogP contribution in [0.3, 0.4) is 0 Å². The first kappa shape index (κ1) is 25.9. The highest BCUT2D eigenvalue weighted by Crippen LogP contribution is 2.23. The van der Waals surface area contributed by atoms with E-state index >= 15 is 0 Å². The first-order valence-electron chi connectivity index (χ1n) is 12.3. The molecule has 0 fully saturated rings. The van der Waals surface area contributed by atoms with E-state index < -0.39 is 0 Å². The molecule has 0 aliphatic rings. The molecule has 29 heavy (non-hydrogen) atoms. The predicted octanol–water partition coefficient (Wildman–Crippen LogP) is 8.17. The summed E-state index contributed by atoms with van der Waals surface area (Å²) in [6.07, 6.45) is 17.1. The number of carbonyl (C=O) groups excluding carboxylic acids is 1. The Morgan fingerprint density at radius 1 is 0.828 bits per heavy atom. The molecule has 0 spiro atoms. The van der Waals surface area contributed by atoms with Crippen LogP contribution in [0.2, 0.25) is 0 Å². The summed E-state index contributed by atoms with van der Waals surface area (Å²) in [6.45, 7) is 6.60. The number of ether oxygens (including phenoxy) is 1. The summed E-state index contributed by atoms with van der Waals surface area (Å²) in [5, 5.41) is 0. The molecule has 2 heteroatoms. The van der Waals surface area contributed by atoms with Gasteiger partial charge in [-0.1, -0.05) is 95.9 Å². The fraction of sp³-hybridized carbons (Fsp3) is 0.741. The Bertz CT molecular complexity index is 520. The monoisotopic (exact) mass is 402 g/mol. The Hall–Kier alpha value is -1.15. The summed E-state index contributed by atoms with van der Waals surface area (Å²) < 4.78 is 5.39. The Kier molecular flexibility index (Phi) is 14.8. The molecule has 1 rings (SSSR count). The fourth-order valence-electron chi connectivity index (χ4n) is 3.95. The second kappa shape index (κ2) is 16.6. The molecule has 1 aromatic carbocycles. The molecule has 0 saturated carbocycles. The van der Waals surface area contributed by atoms with E-state index in [0.29, 0.717) is 18.1 Å². The summed E-state index contributed by atoms with van der Waals surface area (Å²) in [4.78, 5) is 12.8. The number of aryl methyl sites for hydroxylation is 1. The van der Waals surface area contributed by atoms with Crippen LogP contribution < -0.4 is 0 Å². The Morgan fingerprint density at radius 2 is 1.45 bits per heavy atom. The van der Waals surface area contributed by atoms with E-state index in [-0.39, 0.29) is 6.10 Å². The number of carbonyl (C=O) groups is 1. The van der Waals surface area contributed by atoms with Crippen molar-refractivity contribution in [2.45, 2.75) is 117 Å². The normalized spacial score (nSPS) is 13.4. The summed E-state index contributed by atoms with van der Waals surface area (Å²) in [7, 11) is 1.77. The minimum atomic E-state index is 0.278. The molecule has 0 amide bonds. The molecule has 2 unspecified atom stereocenters. The maximum absolute atomic E-state index is 12.8. The topological polar surface area (TPSA) is 26.3 Å². The zero-order chi connectivity index (χ0) is 21.3. The van der Waals surface area contributed by atoms with E-state index in [0.717, 1.165) is 31.2 Å². The number of hydrogen-bond donors (Lipinski definition) is 0. The SMILES string of the molecule is CCCCCCCCCc1ccc(C(=O)CC(CCCC)CCC(C)OC)cc1. The molecule has 0 aliphatic carbocycles.